The molecule has 2 aromatic heterocycles. The molecule has 0 atom stereocenters. The van der Waals surface area contributed by atoms with Gasteiger partial charge in [0.25, 0.3) is 0 Å². The number of hydrogen-bond acceptors (Lipinski definition) is 2. The van der Waals surface area contributed by atoms with Gasteiger partial charge >= 0.3 is 0 Å². The molecule has 0 aliphatic heterocycles. The highest BCUT2D eigenvalue weighted by molar-refractivity contribution is 5.76. The number of nitrogens with zero attached hydrogens (tertiary/aromatic N) is 3. The number of fused-ring (bicyclic) bond motifs is 1. The Hall–Kier alpha value is -1.84. The predicted octanol–water partition coefficient (Wildman–Crippen LogP) is 3.22. The SMILES string of the molecule is CCCN(CCC)C(=O)CCc1c(C)nc2ccccn12. The third-order valence-electron chi connectivity index (χ3n) is 3.74. The maximum atomic E-state index is 12.4. The van der Waals surface area contributed by atoms with Crippen molar-refractivity contribution in [2.24, 2.45) is 0 Å². The number of aromatic nitrogens is 2. The molecule has 4 heteroatoms. The molecule has 21 heavy (non-hydrogen) atoms. The lowest BCUT2D eigenvalue weighted by atomic mass is 10.2. The standard InChI is InChI=1S/C17H25N3O/c1-4-11-19(12-5-2)17(21)10-9-15-14(3)18-16-8-6-7-13-20(15)16/h6-8,13H,4-5,9-12H2,1-3H3. The second-order valence-corrected chi connectivity index (χ2v) is 5.45. The molecular formula is C17H25N3O. The van der Waals surface area contributed by atoms with Gasteiger partial charge in [0.1, 0.15) is 5.65 Å². The van der Waals surface area contributed by atoms with Crippen molar-refractivity contribution in [1.29, 1.82) is 0 Å². The van der Waals surface area contributed by atoms with Crippen LogP contribution in [-0.4, -0.2) is 33.3 Å². The number of amides is 1. The lowest BCUT2D eigenvalue weighted by molar-refractivity contribution is -0.131. The highest BCUT2D eigenvalue weighted by Crippen LogP contribution is 2.14. The van der Waals surface area contributed by atoms with Crippen molar-refractivity contribution in [2.75, 3.05) is 13.1 Å². The van der Waals surface area contributed by atoms with Crippen molar-refractivity contribution in [3.05, 3.63) is 35.8 Å². The van der Waals surface area contributed by atoms with E-state index < -0.39 is 0 Å². The summed E-state index contributed by atoms with van der Waals surface area (Å²) in [5.41, 5.74) is 3.12. The summed E-state index contributed by atoms with van der Waals surface area (Å²) in [6.45, 7) is 7.97. The van der Waals surface area contributed by atoms with E-state index in [9.17, 15) is 4.79 Å². The van der Waals surface area contributed by atoms with Crippen LogP contribution in [0.5, 0.6) is 0 Å². The van der Waals surface area contributed by atoms with Crippen molar-refractivity contribution in [3.63, 3.8) is 0 Å². The van der Waals surface area contributed by atoms with Gasteiger partial charge in [-0.25, -0.2) is 4.98 Å². The van der Waals surface area contributed by atoms with E-state index in [-0.39, 0.29) is 5.91 Å². The first-order chi connectivity index (χ1) is 10.2. The molecule has 0 saturated carbocycles. The molecule has 2 rings (SSSR count). The summed E-state index contributed by atoms with van der Waals surface area (Å²) in [5.74, 6) is 0.254. The molecule has 0 unspecified atom stereocenters. The summed E-state index contributed by atoms with van der Waals surface area (Å²) in [6.07, 6.45) is 5.36. The summed E-state index contributed by atoms with van der Waals surface area (Å²) in [5, 5.41) is 0. The Morgan fingerprint density at radius 2 is 1.95 bits per heavy atom. The predicted molar refractivity (Wildman–Crippen MR) is 85.4 cm³/mol. The Morgan fingerprint density at radius 1 is 1.24 bits per heavy atom. The Morgan fingerprint density at radius 3 is 2.62 bits per heavy atom. The van der Waals surface area contributed by atoms with Crippen LogP contribution >= 0.6 is 0 Å². The summed E-state index contributed by atoms with van der Waals surface area (Å²) in [4.78, 5) is 18.9. The number of carbonyl (C=O) groups is 1. The molecule has 0 aliphatic rings. The Balaban J connectivity index is 2.07. The third-order valence-corrected chi connectivity index (χ3v) is 3.74. The van der Waals surface area contributed by atoms with Crippen LogP contribution in [-0.2, 0) is 11.2 Å². The van der Waals surface area contributed by atoms with Gasteiger partial charge in [0.2, 0.25) is 5.91 Å². The van der Waals surface area contributed by atoms with Gasteiger partial charge in [-0.3, -0.25) is 4.79 Å². The lowest BCUT2D eigenvalue weighted by Gasteiger charge is -2.21. The van der Waals surface area contributed by atoms with Crippen LogP contribution in [0.4, 0.5) is 0 Å². The average molecular weight is 287 g/mol. The summed E-state index contributed by atoms with van der Waals surface area (Å²) in [7, 11) is 0. The van der Waals surface area contributed by atoms with Crippen LogP contribution in [0.15, 0.2) is 24.4 Å². The van der Waals surface area contributed by atoms with Crippen LogP contribution in [0, 0.1) is 6.92 Å². The fourth-order valence-electron chi connectivity index (χ4n) is 2.75. The molecule has 0 bridgehead atoms. The first-order valence-electron chi connectivity index (χ1n) is 7.87. The van der Waals surface area contributed by atoms with Gasteiger partial charge in [0, 0.05) is 31.4 Å². The summed E-state index contributed by atoms with van der Waals surface area (Å²) in [6, 6.07) is 5.99. The maximum absolute atomic E-state index is 12.4. The molecule has 2 aromatic rings. The molecule has 0 spiro atoms. The van der Waals surface area contributed by atoms with E-state index in [0.29, 0.717) is 6.42 Å². The number of aryl methyl sites for hydroxylation is 2. The zero-order chi connectivity index (χ0) is 15.2. The second-order valence-electron chi connectivity index (χ2n) is 5.45. The Bertz CT molecular complexity index is 597. The minimum Gasteiger partial charge on any atom is -0.343 e. The van der Waals surface area contributed by atoms with Gasteiger partial charge in [0.05, 0.1) is 5.69 Å². The molecule has 0 aliphatic carbocycles. The molecule has 0 saturated heterocycles. The molecule has 1 amide bonds. The normalized spacial score (nSPS) is 11.0. The van der Waals surface area contributed by atoms with Crippen molar-refractivity contribution >= 4 is 11.6 Å². The van der Waals surface area contributed by atoms with Crippen molar-refractivity contribution in [1.82, 2.24) is 14.3 Å². The first-order valence-corrected chi connectivity index (χ1v) is 7.87. The fraction of sp³-hybridized carbons (Fsp3) is 0.529. The van der Waals surface area contributed by atoms with E-state index in [1.165, 1.54) is 0 Å². The maximum Gasteiger partial charge on any atom is 0.222 e. The molecule has 4 nitrogen and oxygen atoms in total. The van der Waals surface area contributed by atoms with Gasteiger partial charge in [0.15, 0.2) is 0 Å². The van der Waals surface area contributed by atoms with Gasteiger partial charge in [-0.1, -0.05) is 19.9 Å². The monoisotopic (exact) mass is 287 g/mol. The van der Waals surface area contributed by atoms with Crippen molar-refractivity contribution in [3.8, 4) is 0 Å². The second kappa shape index (κ2) is 7.25. The quantitative estimate of drug-likeness (QED) is 0.784. The highest BCUT2D eigenvalue weighted by atomic mass is 16.2. The largest absolute Gasteiger partial charge is 0.343 e. The lowest BCUT2D eigenvalue weighted by Crippen LogP contribution is -2.32. The number of imidazole rings is 1. The van der Waals surface area contributed by atoms with Gasteiger partial charge in [-0.05, 0) is 38.3 Å². The van der Waals surface area contributed by atoms with Crippen LogP contribution in [0.2, 0.25) is 0 Å². The fourth-order valence-corrected chi connectivity index (χ4v) is 2.75. The third kappa shape index (κ3) is 3.63. The number of rotatable bonds is 7. The van der Waals surface area contributed by atoms with Gasteiger partial charge in [-0.15, -0.1) is 0 Å². The highest BCUT2D eigenvalue weighted by Gasteiger charge is 2.14. The zero-order valence-corrected chi connectivity index (χ0v) is 13.3. The molecule has 0 N–H and O–H groups in total. The van der Waals surface area contributed by atoms with Crippen molar-refractivity contribution < 1.29 is 4.79 Å². The molecule has 0 aromatic carbocycles. The minimum absolute atomic E-state index is 0.254. The molecule has 114 valence electrons. The Kier molecular flexibility index (Phi) is 5.37. The minimum atomic E-state index is 0.254. The van der Waals surface area contributed by atoms with Crippen LogP contribution < -0.4 is 0 Å². The molecule has 2 heterocycles. The van der Waals surface area contributed by atoms with E-state index in [0.717, 1.165) is 49.4 Å². The van der Waals surface area contributed by atoms with E-state index >= 15 is 0 Å². The Labute approximate surface area is 126 Å². The smallest absolute Gasteiger partial charge is 0.222 e. The van der Waals surface area contributed by atoms with E-state index in [2.05, 4.69) is 23.2 Å². The zero-order valence-electron chi connectivity index (χ0n) is 13.3. The van der Waals surface area contributed by atoms with Crippen LogP contribution in [0.1, 0.15) is 44.5 Å². The van der Waals surface area contributed by atoms with E-state index in [1.807, 2.05) is 36.2 Å². The topological polar surface area (TPSA) is 37.6 Å². The summed E-state index contributed by atoms with van der Waals surface area (Å²) >= 11 is 0. The van der Waals surface area contributed by atoms with Crippen molar-refractivity contribution in [2.45, 2.75) is 46.5 Å². The first kappa shape index (κ1) is 15.5. The number of pyridine rings is 1. The van der Waals surface area contributed by atoms with E-state index in [1.54, 1.807) is 0 Å². The number of hydrogen-bond donors (Lipinski definition) is 0. The molecule has 0 radical (unpaired) electrons. The van der Waals surface area contributed by atoms with Gasteiger partial charge < -0.3 is 9.30 Å². The number of carbonyl (C=O) groups excluding carboxylic acids is 1. The molecule has 0 fully saturated rings. The molecular weight excluding hydrogens is 262 g/mol. The van der Waals surface area contributed by atoms with E-state index in [4.69, 9.17) is 0 Å². The van der Waals surface area contributed by atoms with Crippen LogP contribution in [0.3, 0.4) is 0 Å². The summed E-state index contributed by atoms with van der Waals surface area (Å²) < 4.78 is 2.09. The average Bonchev–Trinajstić information content (AvgIpc) is 2.80. The van der Waals surface area contributed by atoms with Crippen LogP contribution in [0.25, 0.3) is 5.65 Å². The van der Waals surface area contributed by atoms with Gasteiger partial charge in [-0.2, -0.15) is 0 Å².